The second-order valence-electron chi connectivity index (χ2n) is 5.36. The van der Waals surface area contributed by atoms with E-state index < -0.39 is 11.7 Å². The van der Waals surface area contributed by atoms with Crippen molar-refractivity contribution < 1.29 is 13.2 Å². The molecule has 1 aliphatic heterocycles. The fourth-order valence-electron chi connectivity index (χ4n) is 2.45. The van der Waals surface area contributed by atoms with Gasteiger partial charge in [0, 0.05) is 19.1 Å². The first kappa shape index (κ1) is 14.3. The lowest BCUT2D eigenvalue weighted by atomic mass is 9.94. The van der Waals surface area contributed by atoms with Crippen molar-refractivity contribution in [2.24, 2.45) is 11.7 Å². The number of benzene rings is 1. The Kier molecular flexibility index (Phi) is 4.16. The average Bonchev–Trinajstić information content (AvgIpc) is 2.33. The monoisotopic (exact) mass is 272 g/mol. The van der Waals surface area contributed by atoms with E-state index in [1.165, 1.54) is 0 Å². The molecule has 2 N–H and O–H groups in total. The van der Waals surface area contributed by atoms with Crippen LogP contribution in [0.3, 0.4) is 0 Å². The molecule has 0 saturated carbocycles. The molecule has 0 spiro atoms. The number of alkyl halides is 3. The molecule has 2 unspecified atom stereocenters. The van der Waals surface area contributed by atoms with E-state index in [-0.39, 0.29) is 6.04 Å². The van der Waals surface area contributed by atoms with Crippen molar-refractivity contribution in [1.29, 1.82) is 0 Å². The SMILES string of the molecule is CC1CN(Cc2ccc(C(F)(F)F)cc2)CCC1N. The Morgan fingerprint density at radius 2 is 1.89 bits per heavy atom. The summed E-state index contributed by atoms with van der Waals surface area (Å²) in [7, 11) is 0. The highest BCUT2D eigenvalue weighted by atomic mass is 19.4. The summed E-state index contributed by atoms with van der Waals surface area (Å²) < 4.78 is 37.3. The number of nitrogens with two attached hydrogens (primary N) is 1. The van der Waals surface area contributed by atoms with E-state index in [0.717, 1.165) is 37.2 Å². The highest BCUT2D eigenvalue weighted by molar-refractivity contribution is 5.24. The molecule has 1 heterocycles. The van der Waals surface area contributed by atoms with Gasteiger partial charge in [-0.1, -0.05) is 19.1 Å². The van der Waals surface area contributed by atoms with Gasteiger partial charge in [-0.15, -0.1) is 0 Å². The third-order valence-corrected chi connectivity index (χ3v) is 3.74. The van der Waals surface area contributed by atoms with Crippen molar-refractivity contribution in [3.8, 4) is 0 Å². The van der Waals surface area contributed by atoms with Crippen LogP contribution in [0.2, 0.25) is 0 Å². The lowest BCUT2D eigenvalue weighted by molar-refractivity contribution is -0.137. The van der Waals surface area contributed by atoms with Gasteiger partial charge in [0.05, 0.1) is 5.56 Å². The summed E-state index contributed by atoms with van der Waals surface area (Å²) in [6.45, 7) is 4.62. The van der Waals surface area contributed by atoms with E-state index in [0.29, 0.717) is 12.5 Å². The number of hydrogen-bond donors (Lipinski definition) is 1. The van der Waals surface area contributed by atoms with Gasteiger partial charge in [-0.05, 0) is 36.6 Å². The lowest BCUT2D eigenvalue weighted by Crippen LogP contribution is -2.45. The minimum Gasteiger partial charge on any atom is -0.327 e. The minimum atomic E-state index is -4.26. The molecule has 1 aliphatic rings. The molecule has 0 amide bonds. The fourth-order valence-corrected chi connectivity index (χ4v) is 2.45. The van der Waals surface area contributed by atoms with Gasteiger partial charge in [0.1, 0.15) is 0 Å². The van der Waals surface area contributed by atoms with Crippen LogP contribution in [0.1, 0.15) is 24.5 Å². The van der Waals surface area contributed by atoms with Crippen LogP contribution in [0.25, 0.3) is 0 Å². The molecule has 5 heteroatoms. The molecule has 0 radical (unpaired) electrons. The van der Waals surface area contributed by atoms with Gasteiger partial charge >= 0.3 is 6.18 Å². The Labute approximate surface area is 111 Å². The number of piperidine rings is 1. The van der Waals surface area contributed by atoms with Crippen LogP contribution in [-0.2, 0) is 12.7 Å². The molecule has 1 fully saturated rings. The first-order valence-corrected chi connectivity index (χ1v) is 6.50. The molecule has 19 heavy (non-hydrogen) atoms. The summed E-state index contributed by atoms with van der Waals surface area (Å²) >= 11 is 0. The molecule has 0 aromatic heterocycles. The van der Waals surface area contributed by atoms with Gasteiger partial charge in [0.2, 0.25) is 0 Å². The molecule has 106 valence electrons. The number of halogens is 3. The van der Waals surface area contributed by atoms with Crippen LogP contribution in [0.15, 0.2) is 24.3 Å². The zero-order chi connectivity index (χ0) is 14.0. The van der Waals surface area contributed by atoms with E-state index in [1.807, 2.05) is 0 Å². The first-order chi connectivity index (χ1) is 8.86. The van der Waals surface area contributed by atoms with E-state index in [9.17, 15) is 13.2 Å². The van der Waals surface area contributed by atoms with Crippen LogP contribution in [0.5, 0.6) is 0 Å². The van der Waals surface area contributed by atoms with Crippen molar-refractivity contribution in [1.82, 2.24) is 4.90 Å². The number of rotatable bonds is 2. The average molecular weight is 272 g/mol. The van der Waals surface area contributed by atoms with Crippen molar-refractivity contribution in [2.75, 3.05) is 13.1 Å². The topological polar surface area (TPSA) is 29.3 Å². The van der Waals surface area contributed by atoms with Crippen LogP contribution in [0.4, 0.5) is 13.2 Å². The Balaban J connectivity index is 1.97. The smallest absolute Gasteiger partial charge is 0.327 e. The molecule has 1 aromatic carbocycles. The summed E-state index contributed by atoms with van der Waals surface area (Å²) in [5.74, 6) is 0.434. The van der Waals surface area contributed by atoms with Gasteiger partial charge < -0.3 is 5.73 Å². The maximum absolute atomic E-state index is 12.4. The quantitative estimate of drug-likeness (QED) is 0.897. The normalized spacial score (nSPS) is 25.5. The van der Waals surface area contributed by atoms with Gasteiger partial charge in [0.25, 0.3) is 0 Å². The number of likely N-dealkylation sites (tertiary alicyclic amines) is 1. The molecule has 1 aromatic rings. The van der Waals surface area contributed by atoms with Crippen molar-refractivity contribution in [2.45, 2.75) is 32.1 Å². The number of hydrogen-bond acceptors (Lipinski definition) is 2. The van der Waals surface area contributed by atoms with Crippen molar-refractivity contribution >= 4 is 0 Å². The molecule has 0 bridgehead atoms. The third kappa shape index (κ3) is 3.70. The Morgan fingerprint density at radius 3 is 2.42 bits per heavy atom. The van der Waals surface area contributed by atoms with Crippen molar-refractivity contribution in [3.63, 3.8) is 0 Å². The maximum atomic E-state index is 12.4. The largest absolute Gasteiger partial charge is 0.416 e. The lowest BCUT2D eigenvalue weighted by Gasteiger charge is -2.35. The second kappa shape index (κ2) is 5.51. The molecule has 2 atom stereocenters. The zero-order valence-electron chi connectivity index (χ0n) is 11.0. The molecular weight excluding hydrogens is 253 g/mol. The van der Waals surface area contributed by atoms with Gasteiger partial charge in [-0.2, -0.15) is 13.2 Å². The van der Waals surface area contributed by atoms with Crippen LogP contribution >= 0.6 is 0 Å². The maximum Gasteiger partial charge on any atom is 0.416 e. The summed E-state index contributed by atoms with van der Waals surface area (Å²) in [5.41, 5.74) is 6.27. The van der Waals surface area contributed by atoms with E-state index in [1.54, 1.807) is 12.1 Å². The molecule has 2 nitrogen and oxygen atoms in total. The van der Waals surface area contributed by atoms with Crippen molar-refractivity contribution in [3.05, 3.63) is 35.4 Å². The molecule has 2 rings (SSSR count). The Hall–Kier alpha value is -1.07. The first-order valence-electron chi connectivity index (χ1n) is 6.50. The zero-order valence-corrected chi connectivity index (χ0v) is 11.0. The van der Waals surface area contributed by atoms with Crippen LogP contribution < -0.4 is 5.73 Å². The summed E-state index contributed by atoms with van der Waals surface area (Å²) in [5, 5.41) is 0. The van der Waals surface area contributed by atoms with E-state index in [2.05, 4.69) is 11.8 Å². The van der Waals surface area contributed by atoms with Crippen LogP contribution in [0, 0.1) is 5.92 Å². The standard InChI is InChI=1S/C14H19F3N2/c1-10-8-19(7-6-13(10)18)9-11-2-4-12(5-3-11)14(15,16)17/h2-5,10,13H,6-9,18H2,1H3. The summed E-state index contributed by atoms with van der Waals surface area (Å²) in [4.78, 5) is 2.25. The minimum absolute atomic E-state index is 0.240. The summed E-state index contributed by atoms with van der Waals surface area (Å²) in [6, 6.07) is 5.65. The predicted octanol–water partition coefficient (Wildman–Crippen LogP) is 2.87. The Morgan fingerprint density at radius 1 is 1.26 bits per heavy atom. The Bertz CT molecular complexity index is 414. The van der Waals surface area contributed by atoms with Gasteiger partial charge in [-0.25, -0.2) is 0 Å². The van der Waals surface area contributed by atoms with E-state index in [4.69, 9.17) is 5.73 Å². The molecule has 1 saturated heterocycles. The highest BCUT2D eigenvalue weighted by Gasteiger charge is 2.30. The second-order valence-corrected chi connectivity index (χ2v) is 5.36. The van der Waals surface area contributed by atoms with Crippen LogP contribution in [-0.4, -0.2) is 24.0 Å². The highest BCUT2D eigenvalue weighted by Crippen LogP contribution is 2.29. The van der Waals surface area contributed by atoms with Gasteiger partial charge in [0.15, 0.2) is 0 Å². The fraction of sp³-hybridized carbons (Fsp3) is 0.571. The predicted molar refractivity (Wildman–Crippen MR) is 68.5 cm³/mol. The number of nitrogens with zero attached hydrogens (tertiary/aromatic N) is 1. The summed E-state index contributed by atoms with van der Waals surface area (Å²) in [6.07, 6.45) is -3.31. The molecule has 0 aliphatic carbocycles. The van der Waals surface area contributed by atoms with Gasteiger partial charge in [-0.3, -0.25) is 4.90 Å². The molecular formula is C14H19F3N2. The van der Waals surface area contributed by atoms with E-state index >= 15 is 0 Å². The third-order valence-electron chi connectivity index (χ3n) is 3.74.